The molecule has 0 bridgehead atoms. The molecule has 0 radical (unpaired) electrons. The molecular weight excluding hydrogens is 414 g/mol. The van der Waals surface area contributed by atoms with E-state index in [-0.39, 0.29) is 12.5 Å². The second kappa shape index (κ2) is 11.5. The molecular formula is C28H33NO4. The van der Waals surface area contributed by atoms with E-state index in [9.17, 15) is 9.90 Å². The standard InChI is InChI=1S/C28H33NO4/c1-28(2,3)33-27(31)29-26(23(19-30)18-21-12-6-4-7-13-21)24-16-10-11-17-25(24)32-20-22-14-8-5-9-15-22/h4-17,23,26,30H,18-20H2,1-3H3,(H,29,31)/t23-,26+/m1/s1. The van der Waals surface area contributed by atoms with Crippen LogP contribution in [0.1, 0.15) is 43.5 Å². The maximum absolute atomic E-state index is 12.8. The molecule has 174 valence electrons. The molecule has 3 rings (SSSR count). The zero-order valence-corrected chi connectivity index (χ0v) is 19.5. The van der Waals surface area contributed by atoms with Gasteiger partial charge in [-0.15, -0.1) is 0 Å². The van der Waals surface area contributed by atoms with Crippen LogP contribution in [-0.4, -0.2) is 23.4 Å². The lowest BCUT2D eigenvalue weighted by Gasteiger charge is -2.30. The van der Waals surface area contributed by atoms with Crippen LogP contribution in [0.15, 0.2) is 84.9 Å². The zero-order chi connectivity index (χ0) is 23.7. The first-order valence-corrected chi connectivity index (χ1v) is 11.3. The van der Waals surface area contributed by atoms with E-state index in [1.54, 1.807) is 0 Å². The minimum atomic E-state index is -0.633. The number of benzene rings is 3. The Morgan fingerprint density at radius 2 is 1.45 bits per heavy atom. The predicted molar refractivity (Wildman–Crippen MR) is 130 cm³/mol. The Morgan fingerprint density at radius 1 is 0.879 bits per heavy atom. The smallest absolute Gasteiger partial charge is 0.408 e. The van der Waals surface area contributed by atoms with Gasteiger partial charge in [0.2, 0.25) is 0 Å². The van der Waals surface area contributed by atoms with E-state index in [0.29, 0.717) is 18.8 Å². The molecule has 0 saturated carbocycles. The number of carbonyl (C=O) groups excluding carboxylic acids is 1. The van der Waals surface area contributed by atoms with Crippen LogP contribution in [-0.2, 0) is 17.8 Å². The Bertz CT molecular complexity index is 999. The van der Waals surface area contributed by atoms with E-state index in [1.807, 2.05) is 106 Å². The first kappa shape index (κ1) is 24.3. The van der Waals surface area contributed by atoms with Crippen molar-refractivity contribution in [2.24, 2.45) is 5.92 Å². The topological polar surface area (TPSA) is 67.8 Å². The number of hydrogen-bond acceptors (Lipinski definition) is 4. The third-order valence-corrected chi connectivity index (χ3v) is 5.21. The largest absolute Gasteiger partial charge is 0.489 e. The molecule has 0 heterocycles. The average molecular weight is 448 g/mol. The second-order valence-electron chi connectivity index (χ2n) is 9.07. The maximum atomic E-state index is 12.8. The molecule has 3 aromatic carbocycles. The number of amides is 1. The monoisotopic (exact) mass is 447 g/mol. The molecule has 0 unspecified atom stereocenters. The lowest BCUT2D eigenvalue weighted by Crippen LogP contribution is -2.39. The van der Waals surface area contributed by atoms with E-state index < -0.39 is 17.7 Å². The molecule has 1 amide bonds. The van der Waals surface area contributed by atoms with Gasteiger partial charge in [-0.25, -0.2) is 4.79 Å². The van der Waals surface area contributed by atoms with Crippen molar-refractivity contribution in [1.82, 2.24) is 5.32 Å². The number of nitrogens with one attached hydrogen (secondary N) is 1. The predicted octanol–water partition coefficient (Wildman–Crippen LogP) is 5.68. The highest BCUT2D eigenvalue weighted by molar-refractivity contribution is 5.68. The zero-order valence-electron chi connectivity index (χ0n) is 19.5. The van der Waals surface area contributed by atoms with Gasteiger partial charge in [0.1, 0.15) is 18.0 Å². The minimum Gasteiger partial charge on any atom is -0.489 e. The normalized spacial score (nSPS) is 13.1. The second-order valence-corrected chi connectivity index (χ2v) is 9.07. The maximum Gasteiger partial charge on any atom is 0.408 e. The summed E-state index contributed by atoms with van der Waals surface area (Å²) in [5, 5.41) is 13.3. The quantitative estimate of drug-likeness (QED) is 0.443. The molecule has 0 aromatic heterocycles. The van der Waals surface area contributed by atoms with E-state index in [1.165, 1.54) is 0 Å². The number of aliphatic hydroxyl groups is 1. The van der Waals surface area contributed by atoms with Crippen molar-refractivity contribution in [3.8, 4) is 5.75 Å². The van der Waals surface area contributed by atoms with Gasteiger partial charge < -0.3 is 19.9 Å². The summed E-state index contributed by atoms with van der Waals surface area (Å²) in [7, 11) is 0. The SMILES string of the molecule is CC(C)(C)OC(=O)N[C@H](c1ccccc1OCc1ccccc1)[C@@H](CO)Cc1ccccc1. The molecule has 3 aromatic rings. The molecule has 2 atom stereocenters. The van der Waals surface area contributed by atoms with Gasteiger partial charge in [0.15, 0.2) is 0 Å². The minimum absolute atomic E-state index is 0.109. The third-order valence-electron chi connectivity index (χ3n) is 5.21. The Labute approximate surface area is 196 Å². The molecule has 0 saturated heterocycles. The van der Waals surface area contributed by atoms with E-state index in [4.69, 9.17) is 9.47 Å². The van der Waals surface area contributed by atoms with Crippen molar-refractivity contribution < 1.29 is 19.4 Å². The van der Waals surface area contributed by atoms with Crippen molar-refractivity contribution in [3.05, 3.63) is 102 Å². The lowest BCUT2D eigenvalue weighted by atomic mass is 9.87. The van der Waals surface area contributed by atoms with Crippen LogP contribution in [0.3, 0.4) is 0 Å². The number of aliphatic hydroxyl groups excluding tert-OH is 1. The number of alkyl carbamates (subject to hydrolysis) is 1. The summed E-state index contributed by atoms with van der Waals surface area (Å²) in [6, 6.07) is 27.0. The molecule has 2 N–H and O–H groups in total. The fraction of sp³-hybridized carbons (Fsp3) is 0.321. The van der Waals surface area contributed by atoms with E-state index >= 15 is 0 Å². The van der Waals surface area contributed by atoms with Gasteiger partial charge in [0.05, 0.1) is 6.04 Å². The number of carbonyl (C=O) groups is 1. The number of ether oxygens (including phenoxy) is 2. The molecule has 0 aliphatic heterocycles. The number of para-hydroxylation sites is 1. The summed E-state index contributed by atoms with van der Waals surface area (Å²) in [4.78, 5) is 12.8. The van der Waals surface area contributed by atoms with Gasteiger partial charge in [-0.3, -0.25) is 0 Å². The van der Waals surface area contributed by atoms with Crippen molar-refractivity contribution in [2.75, 3.05) is 6.61 Å². The summed E-state index contributed by atoms with van der Waals surface area (Å²) in [5.74, 6) is 0.385. The average Bonchev–Trinajstić information content (AvgIpc) is 2.80. The lowest BCUT2D eigenvalue weighted by molar-refractivity contribution is 0.0468. The molecule has 0 aliphatic carbocycles. The summed E-state index contributed by atoms with van der Waals surface area (Å²) < 4.78 is 11.7. The summed E-state index contributed by atoms with van der Waals surface area (Å²) in [6.07, 6.45) is 0.0574. The first-order valence-electron chi connectivity index (χ1n) is 11.3. The fourth-order valence-electron chi connectivity index (χ4n) is 3.69. The highest BCUT2D eigenvalue weighted by Gasteiger charge is 2.29. The Kier molecular flexibility index (Phi) is 8.50. The molecule has 0 aliphatic rings. The van der Waals surface area contributed by atoms with Crippen LogP contribution in [0.25, 0.3) is 0 Å². The van der Waals surface area contributed by atoms with Crippen LogP contribution >= 0.6 is 0 Å². The van der Waals surface area contributed by atoms with Crippen LogP contribution in [0, 0.1) is 5.92 Å². The fourth-order valence-corrected chi connectivity index (χ4v) is 3.69. The van der Waals surface area contributed by atoms with Gasteiger partial charge >= 0.3 is 6.09 Å². The van der Waals surface area contributed by atoms with Crippen LogP contribution in [0.2, 0.25) is 0 Å². The Morgan fingerprint density at radius 3 is 2.06 bits per heavy atom. The van der Waals surface area contributed by atoms with Crippen molar-refractivity contribution >= 4 is 6.09 Å². The number of rotatable bonds is 9. The van der Waals surface area contributed by atoms with Crippen LogP contribution in [0.4, 0.5) is 4.79 Å². The van der Waals surface area contributed by atoms with Gasteiger partial charge in [0, 0.05) is 18.1 Å². The van der Waals surface area contributed by atoms with Crippen LogP contribution in [0.5, 0.6) is 5.75 Å². The number of hydrogen-bond donors (Lipinski definition) is 2. The molecule has 33 heavy (non-hydrogen) atoms. The van der Waals surface area contributed by atoms with Gasteiger partial charge in [0.25, 0.3) is 0 Å². The third kappa shape index (κ3) is 7.65. The highest BCUT2D eigenvalue weighted by atomic mass is 16.6. The molecule has 0 fully saturated rings. The summed E-state index contributed by atoms with van der Waals surface area (Å²) in [5.41, 5.74) is 2.29. The van der Waals surface area contributed by atoms with Crippen LogP contribution < -0.4 is 10.1 Å². The molecule has 5 nitrogen and oxygen atoms in total. The summed E-state index contributed by atoms with van der Waals surface area (Å²) >= 11 is 0. The summed E-state index contributed by atoms with van der Waals surface area (Å²) in [6.45, 7) is 5.77. The van der Waals surface area contributed by atoms with Gasteiger partial charge in [-0.05, 0) is 44.4 Å². The van der Waals surface area contributed by atoms with Crippen molar-refractivity contribution in [1.29, 1.82) is 0 Å². The Hall–Kier alpha value is -3.31. The van der Waals surface area contributed by atoms with E-state index in [2.05, 4.69) is 5.32 Å². The van der Waals surface area contributed by atoms with Gasteiger partial charge in [-0.2, -0.15) is 0 Å². The van der Waals surface area contributed by atoms with Gasteiger partial charge in [-0.1, -0.05) is 78.9 Å². The highest BCUT2D eigenvalue weighted by Crippen LogP contribution is 2.33. The molecule has 5 heteroatoms. The first-order chi connectivity index (χ1) is 15.9. The Balaban J connectivity index is 1.90. The van der Waals surface area contributed by atoms with E-state index in [0.717, 1.165) is 16.7 Å². The van der Waals surface area contributed by atoms with Crippen molar-refractivity contribution in [2.45, 2.75) is 45.4 Å². The molecule has 0 spiro atoms. The van der Waals surface area contributed by atoms with Crippen molar-refractivity contribution in [3.63, 3.8) is 0 Å².